The Morgan fingerprint density at radius 3 is 2.86 bits per heavy atom. The second kappa shape index (κ2) is 5.41. The molecule has 1 aromatic heterocycles. The number of allylic oxidation sites excluding steroid dienone is 2. The minimum absolute atomic E-state index is 0.147. The highest BCUT2D eigenvalue weighted by Gasteiger charge is 2.48. The SMILES string of the molecule is CC(C)([C@H](O)C1CCCCC1)[C@@H]1C2=C(CCS2)c2cncn21. The fraction of sp³-hybridized carbons (Fsp3) is 0.722. The maximum Gasteiger partial charge on any atom is 0.0957 e. The predicted molar refractivity (Wildman–Crippen MR) is 91.6 cm³/mol. The summed E-state index contributed by atoms with van der Waals surface area (Å²) in [6.45, 7) is 4.52. The fourth-order valence-corrected chi connectivity index (χ4v) is 6.24. The molecule has 4 heteroatoms. The molecule has 2 aliphatic heterocycles. The molecule has 1 aromatic rings. The van der Waals surface area contributed by atoms with Crippen LogP contribution < -0.4 is 0 Å². The van der Waals surface area contributed by atoms with E-state index in [0.29, 0.717) is 5.92 Å². The number of fused-ring (bicyclic) bond motifs is 2. The van der Waals surface area contributed by atoms with Crippen molar-refractivity contribution in [1.29, 1.82) is 0 Å². The van der Waals surface area contributed by atoms with Crippen LogP contribution in [-0.4, -0.2) is 26.5 Å². The standard InChI is InChI=1S/C18H26N2OS/c1-18(2,17(21)12-6-4-3-5-7-12)16-15-13(8-9-22-15)14-10-19-11-20(14)16/h10-12,16-17,21H,3-9H2,1-2H3/t16-,17+/m0/s1. The van der Waals surface area contributed by atoms with Crippen LogP contribution in [0.3, 0.4) is 0 Å². The summed E-state index contributed by atoms with van der Waals surface area (Å²) in [6, 6.07) is 0.268. The van der Waals surface area contributed by atoms with Crippen LogP contribution in [0.2, 0.25) is 0 Å². The predicted octanol–water partition coefficient (Wildman–Crippen LogP) is 4.25. The molecule has 2 atom stereocenters. The van der Waals surface area contributed by atoms with E-state index >= 15 is 0 Å². The summed E-state index contributed by atoms with van der Waals surface area (Å²) in [5.74, 6) is 1.65. The van der Waals surface area contributed by atoms with Crippen molar-refractivity contribution < 1.29 is 5.11 Å². The van der Waals surface area contributed by atoms with Gasteiger partial charge in [0, 0.05) is 16.1 Å². The Labute approximate surface area is 137 Å². The zero-order valence-electron chi connectivity index (χ0n) is 13.6. The highest BCUT2D eigenvalue weighted by atomic mass is 32.2. The van der Waals surface area contributed by atoms with Crippen molar-refractivity contribution in [3.05, 3.63) is 23.1 Å². The van der Waals surface area contributed by atoms with Gasteiger partial charge in [0.15, 0.2) is 0 Å². The Morgan fingerprint density at radius 2 is 2.09 bits per heavy atom. The zero-order chi connectivity index (χ0) is 15.3. The maximum absolute atomic E-state index is 11.2. The molecule has 3 aliphatic rings. The number of hydrogen-bond acceptors (Lipinski definition) is 3. The quantitative estimate of drug-likeness (QED) is 0.905. The van der Waals surface area contributed by atoms with Gasteiger partial charge >= 0.3 is 0 Å². The molecular formula is C18H26N2OS. The van der Waals surface area contributed by atoms with Gasteiger partial charge in [0.25, 0.3) is 0 Å². The lowest BCUT2D eigenvalue weighted by atomic mass is 9.70. The molecule has 120 valence electrons. The third-order valence-corrected chi connectivity index (χ3v) is 7.16. The number of aromatic nitrogens is 2. The van der Waals surface area contributed by atoms with E-state index < -0.39 is 0 Å². The van der Waals surface area contributed by atoms with Crippen LogP contribution in [-0.2, 0) is 0 Å². The first-order chi connectivity index (χ1) is 10.6. The monoisotopic (exact) mass is 318 g/mol. The Hall–Kier alpha value is -0.740. The summed E-state index contributed by atoms with van der Waals surface area (Å²) in [5.41, 5.74) is 2.62. The number of thioether (sulfide) groups is 1. The minimum atomic E-state index is -0.235. The van der Waals surface area contributed by atoms with Gasteiger partial charge in [-0.3, -0.25) is 0 Å². The molecule has 0 saturated heterocycles. The normalized spacial score (nSPS) is 27.1. The van der Waals surface area contributed by atoms with Crippen LogP contribution in [0, 0.1) is 11.3 Å². The van der Waals surface area contributed by atoms with Gasteiger partial charge in [0.2, 0.25) is 0 Å². The molecule has 4 rings (SSSR count). The molecule has 0 spiro atoms. The number of imidazole rings is 1. The number of nitrogens with zero attached hydrogens (tertiary/aromatic N) is 2. The number of rotatable bonds is 3. The van der Waals surface area contributed by atoms with E-state index in [1.54, 1.807) is 0 Å². The topological polar surface area (TPSA) is 38.1 Å². The molecule has 0 amide bonds. The summed E-state index contributed by atoms with van der Waals surface area (Å²) in [6.07, 6.45) is 11.2. The van der Waals surface area contributed by atoms with Crippen molar-refractivity contribution in [2.75, 3.05) is 5.75 Å². The lowest BCUT2D eigenvalue weighted by molar-refractivity contribution is -0.0302. The number of aliphatic hydroxyl groups excluding tert-OH is 1. The molecule has 0 bridgehead atoms. The fourth-order valence-electron chi connectivity index (χ4n) is 4.76. The highest BCUT2D eigenvalue weighted by Crippen LogP contribution is 2.57. The molecule has 1 aliphatic carbocycles. The number of hydrogen-bond donors (Lipinski definition) is 1. The summed E-state index contributed by atoms with van der Waals surface area (Å²) in [5, 5.41) is 11.2. The molecule has 0 radical (unpaired) electrons. The van der Waals surface area contributed by atoms with E-state index in [0.717, 1.165) is 6.42 Å². The smallest absolute Gasteiger partial charge is 0.0957 e. The van der Waals surface area contributed by atoms with E-state index in [1.165, 1.54) is 54.0 Å². The first kappa shape index (κ1) is 14.8. The lowest BCUT2D eigenvalue weighted by Crippen LogP contribution is -2.42. The van der Waals surface area contributed by atoms with Crippen LogP contribution >= 0.6 is 11.8 Å². The number of aliphatic hydroxyl groups is 1. The Balaban J connectivity index is 1.68. The average molecular weight is 318 g/mol. The second-order valence-corrected chi connectivity index (χ2v) is 8.83. The molecule has 22 heavy (non-hydrogen) atoms. The van der Waals surface area contributed by atoms with Crippen molar-refractivity contribution in [1.82, 2.24) is 9.55 Å². The molecule has 1 saturated carbocycles. The van der Waals surface area contributed by atoms with Gasteiger partial charge < -0.3 is 9.67 Å². The van der Waals surface area contributed by atoms with Gasteiger partial charge in [-0.05, 0) is 30.8 Å². The van der Waals surface area contributed by atoms with E-state index in [2.05, 4.69) is 23.4 Å². The van der Waals surface area contributed by atoms with Crippen LogP contribution in [0.1, 0.15) is 64.1 Å². The molecule has 3 nitrogen and oxygen atoms in total. The van der Waals surface area contributed by atoms with Crippen molar-refractivity contribution in [2.45, 2.75) is 64.5 Å². The van der Waals surface area contributed by atoms with E-state index in [1.807, 2.05) is 24.3 Å². The van der Waals surface area contributed by atoms with Crippen LogP contribution in [0.5, 0.6) is 0 Å². The third kappa shape index (κ3) is 2.10. The molecule has 1 fully saturated rings. The van der Waals surface area contributed by atoms with Gasteiger partial charge in [0.05, 0.1) is 30.4 Å². The first-order valence-corrected chi connectivity index (χ1v) is 9.65. The van der Waals surface area contributed by atoms with E-state index in [9.17, 15) is 5.11 Å². The summed E-state index contributed by atoms with van der Waals surface area (Å²) in [7, 11) is 0. The molecule has 0 aromatic carbocycles. The Bertz CT molecular complexity index is 598. The van der Waals surface area contributed by atoms with Crippen LogP contribution in [0.15, 0.2) is 17.4 Å². The zero-order valence-corrected chi connectivity index (χ0v) is 14.4. The van der Waals surface area contributed by atoms with E-state index in [4.69, 9.17) is 0 Å². The van der Waals surface area contributed by atoms with Crippen molar-refractivity contribution in [3.63, 3.8) is 0 Å². The van der Waals surface area contributed by atoms with Gasteiger partial charge in [-0.15, -0.1) is 11.8 Å². The summed E-state index contributed by atoms with van der Waals surface area (Å²) < 4.78 is 2.32. The van der Waals surface area contributed by atoms with Gasteiger partial charge in [-0.2, -0.15) is 0 Å². The summed E-state index contributed by atoms with van der Waals surface area (Å²) in [4.78, 5) is 5.88. The third-order valence-electron chi connectivity index (χ3n) is 5.97. The van der Waals surface area contributed by atoms with Gasteiger partial charge in [0.1, 0.15) is 0 Å². The first-order valence-electron chi connectivity index (χ1n) is 8.67. The van der Waals surface area contributed by atoms with Crippen molar-refractivity contribution >= 4 is 17.3 Å². The van der Waals surface area contributed by atoms with Crippen LogP contribution in [0.4, 0.5) is 0 Å². The van der Waals surface area contributed by atoms with Gasteiger partial charge in [-0.25, -0.2) is 4.98 Å². The summed E-state index contributed by atoms with van der Waals surface area (Å²) >= 11 is 1.99. The second-order valence-electron chi connectivity index (χ2n) is 7.69. The Morgan fingerprint density at radius 1 is 1.32 bits per heavy atom. The molecule has 0 unspecified atom stereocenters. The Kier molecular flexibility index (Phi) is 3.65. The molecular weight excluding hydrogens is 292 g/mol. The van der Waals surface area contributed by atoms with Crippen LogP contribution in [0.25, 0.3) is 5.57 Å². The van der Waals surface area contributed by atoms with E-state index in [-0.39, 0.29) is 17.6 Å². The molecule has 3 heterocycles. The average Bonchev–Trinajstić information content (AvgIpc) is 3.19. The lowest BCUT2D eigenvalue weighted by Gasteiger charge is -2.42. The minimum Gasteiger partial charge on any atom is -0.392 e. The largest absolute Gasteiger partial charge is 0.392 e. The maximum atomic E-state index is 11.2. The van der Waals surface area contributed by atoms with Crippen molar-refractivity contribution in [2.24, 2.45) is 11.3 Å². The van der Waals surface area contributed by atoms with Crippen molar-refractivity contribution in [3.8, 4) is 0 Å². The van der Waals surface area contributed by atoms with Gasteiger partial charge in [-0.1, -0.05) is 33.1 Å². The highest BCUT2D eigenvalue weighted by molar-refractivity contribution is 8.03. The molecule has 1 N–H and O–H groups in total.